The van der Waals surface area contributed by atoms with Gasteiger partial charge in [0.15, 0.2) is 0 Å². The third kappa shape index (κ3) is 5.18. The number of rotatable bonds is 5. The molecular weight excluding hydrogens is 325 g/mol. The third-order valence-electron chi connectivity index (χ3n) is 1.84. The van der Waals surface area contributed by atoms with Gasteiger partial charge in [0.1, 0.15) is 18.2 Å². The van der Waals surface area contributed by atoms with E-state index in [0.717, 1.165) is 6.07 Å². The summed E-state index contributed by atoms with van der Waals surface area (Å²) in [4.78, 5) is 0. The maximum absolute atomic E-state index is 13.2. The fourth-order valence-electron chi connectivity index (χ4n) is 1.10. The van der Waals surface area contributed by atoms with Gasteiger partial charge in [0.2, 0.25) is 0 Å². The normalized spacial score (nSPS) is 11.7. The summed E-state index contributed by atoms with van der Waals surface area (Å²) in [6.07, 6.45) is -4.38. The highest BCUT2D eigenvalue weighted by Gasteiger charge is 2.27. The first-order valence-corrected chi connectivity index (χ1v) is 5.62. The van der Waals surface area contributed by atoms with Crippen molar-refractivity contribution in [2.45, 2.75) is 6.18 Å². The maximum Gasteiger partial charge on any atom is 0.411 e. The summed E-state index contributed by atoms with van der Waals surface area (Å²) in [5, 5.41) is 2.50. The molecule has 1 rings (SSSR count). The summed E-state index contributed by atoms with van der Waals surface area (Å²) in [7, 11) is 0. The average molecular weight is 334 g/mol. The van der Waals surface area contributed by atoms with Crippen LogP contribution in [0.2, 0.25) is 0 Å². The molecule has 8 heteroatoms. The van der Waals surface area contributed by atoms with Gasteiger partial charge in [-0.2, -0.15) is 13.2 Å². The van der Waals surface area contributed by atoms with Crippen molar-refractivity contribution in [1.82, 2.24) is 0 Å². The number of anilines is 1. The molecule has 0 heterocycles. The predicted molar refractivity (Wildman–Crippen MR) is 59.4 cm³/mol. The van der Waals surface area contributed by atoms with Gasteiger partial charge in [-0.15, -0.1) is 0 Å². The third-order valence-corrected chi connectivity index (χ3v) is 2.45. The molecule has 0 saturated heterocycles. The van der Waals surface area contributed by atoms with Crippen LogP contribution in [0, 0.1) is 11.6 Å². The van der Waals surface area contributed by atoms with Gasteiger partial charge in [-0.3, -0.25) is 0 Å². The number of alkyl halides is 3. The van der Waals surface area contributed by atoms with E-state index in [1.807, 2.05) is 0 Å². The van der Waals surface area contributed by atoms with Crippen LogP contribution in [0.4, 0.5) is 27.6 Å². The van der Waals surface area contributed by atoms with Crippen LogP contribution in [0.3, 0.4) is 0 Å². The predicted octanol–water partition coefficient (Wildman–Crippen LogP) is 3.72. The lowest BCUT2D eigenvalue weighted by molar-refractivity contribution is -0.172. The van der Waals surface area contributed by atoms with Crippen molar-refractivity contribution >= 4 is 21.6 Å². The van der Waals surface area contributed by atoms with Crippen LogP contribution >= 0.6 is 15.9 Å². The minimum Gasteiger partial charge on any atom is -0.380 e. The zero-order chi connectivity index (χ0) is 13.8. The van der Waals surface area contributed by atoms with Crippen LogP contribution in [0.15, 0.2) is 16.6 Å². The molecule has 1 aromatic rings. The van der Waals surface area contributed by atoms with Crippen LogP contribution < -0.4 is 5.32 Å². The number of halogens is 6. The molecule has 0 aliphatic rings. The summed E-state index contributed by atoms with van der Waals surface area (Å²) < 4.78 is 65.6. The van der Waals surface area contributed by atoms with Gasteiger partial charge in [-0.05, 0) is 22.0 Å². The number of ether oxygens (including phenoxy) is 1. The highest BCUT2D eigenvalue weighted by atomic mass is 79.9. The fraction of sp³-hybridized carbons (Fsp3) is 0.400. The molecule has 0 saturated carbocycles. The highest BCUT2D eigenvalue weighted by Crippen LogP contribution is 2.23. The van der Waals surface area contributed by atoms with Gasteiger partial charge in [0.25, 0.3) is 0 Å². The Morgan fingerprint density at radius 2 is 1.83 bits per heavy atom. The fourth-order valence-corrected chi connectivity index (χ4v) is 1.45. The van der Waals surface area contributed by atoms with E-state index in [-0.39, 0.29) is 23.3 Å². The Morgan fingerprint density at radius 3 is 2.44 bits per heavy atom. The summed E-state index contributed by atoms with van der Waals surface area (Å²) in [5.41, 5.74) is -0.0149. The Hall–Kier alpha value is -0.890. The molecule has 2 nitrogen and oxygen atoms in total. The van der Waals surface area contributed by atoms with Crippen molar-refractivity contribution in [1.29, 1.82) is 0 Å². The van der Waals surface area contributed by atoms with E-state index in [0.29, 0.717) is 6.07 Å². The second kappa shape index (κ2) is 6.33. The molecule has 0 fully saturated rings. The first-order valence-electron chi connectivity index (χ1n) is 4.82. The Balaban J connectivity index is 2.38. The average Bonchev–Trinajstić information content (AvgIpc) is 2.23. The first kappa shape index (κ1) is 15.2. The molecule has 0 unspecified atom stereocenters. The van der Waals surface area contributed by atoms with E-state index in [1.165, 1.54) is 0 Å². The van der Waals surface area contributed by atoms with Gasteiger partial charge in [0, 0.05) is 12.6 Å². The highest BCUT2D eigenvalue weighted by molar-refractivity contribution is 9.10. The van der Waals surface area contributed by atoms with E-state index in [9.17, 15) is 22.0 Å². The molecule has 0 aliphatic heterocycles. The van der Waals surface area contributed by atoms with Crippen LogP contribution in [-0.2, 0) is 4.74 Å². The molecule has 0 amide bonds. The van der Waals surface area contributed by atoms with Crippen molar-refractivity contribution in [2.75, 3.05) is 25.1 Å². The topological polar surface area (TPSA) is 21.3 Å². The molecule has 1 aromatic carbocycles. The number of hydrogen-bond acceptors (Lipinski definition) is 2. The van der Waals surface area contributed by atoms with Gasteiger partial charge >= 0.3 is 6.18 Å². The van der Waals surface area contributed by atoms with Crippen LogP contribution in [0.1, 0.15) is 0 Å². The van der Waals surface area contributed by atoms with Crippen molar-refractivity contribution < 1.29 is 26.7 Å². The standard InChI is InChI=1S/C10H9BrF5NO/c11-6-3-9(8(13)4-7(6)12)17-1-2-18-5-10(14,15)16/h3-4,17H,1-2,5H2. The van der Waals surface area contributed by atoms with Gasteiger partial charge < -0.3 is 10.1 Å². The molecular formula is C10H9BrF5NO. The summed E-state index contributed by atoms with van der Waals surface area (Å²) >= 11 is 2.87. The Kier molecular flexibility index (Phi) is 5.33. The number of nitrogens with one attached hydrogen (secondary N) is 1. The first-order chi connectivity index (χ1) is 8.29. The van der Waals surface area contributed by atoms with E-state index in [2.05, 4.69) is 26.0 Å². The van der Waals surface area contributed by atoms with Crippen molar-refractivity contribution in [2.24, 2.45) is 0 Å². The lowest BCUT2D eigenvalue weighted by Gasteiger charge is -2.10. The van der Waals surface area contributed by atoms with Gasteiger partial charge in [0.05, 0.1) is 16.8 Å². The van der Waals surface area contributed by atoms with E-state index < -0.39 is 24.4 Å². The van der Waals surface area contributed by atoms with Crippen LogP contribution in [-0.4, -0.2) is 25.9 Å². The molecule has 0 spiro atoms. The minimum atomic E-state index is -4.38. The summed E-state index contributed by atoms with van der Waals surface area (Å²) in [6, 6.07) is 1.83. The zero-order valence-corrected chi connectivity index (χ0v) is 10.5. The SMILES string of the molecule is Fc1cc(F)c(NCCOCC(F)(F)F)cc1Br. The molecule has 0 bridgehead atoms. The molecule has 0 aromatic heterocycles. The number of hydrogen-bond donors (Lipinski definition) is 1. The molecule has 1 N–H and O–H groups in total. The molecule has 18 heavy (non-hydrogen) atoms. The Morgan fingerprint density at radius 1 is 1.17 bits per heavy atom. The van der Waals surface area contributed by atoms with Crippen LogP contribution in [0.5, 0.6) is 0 Å². The summed E-state index contributed by atoms with van der Waals surface area (Å²) in [5.74, 6) is -1.59. The number of benzene rings is 1. The molecule has 0 aliphatic carbocycles. The smallest absolute Gasteiger partial charge is 0.380 e. The van der Waals surface area contributed by atoms with E-state index in [4.69, 9.17) is 0 Å². The van der Waals surface area contributed by atoms with Crippen molar-refractivity contribution in [3.8, 4) is 0 Å². The second-order valence-electron chi connectivity index (χ2n) is 3.34. The zero-order valence-electron chi connectivity index (χ0n) is 8.95. The van der Waals surface area contributed by atoms with Gasteiger partial charge in [-0.25, -0.2) is 8.78 Å². The van der Waals surface area contributed by atoms with Crippen molar-refractivity contribution in [3.63, 3.8) is 0 Å². The molecule has 0 atom stereocenters. The van der Waals surface area contributed by atoms with Crippen molar-refractivity contribution in [3.05, 3.63) is 28.2 Å². The molecule has 0 radical (unpaired) electrons. The largest absolute Gasteiger partial charge is 0.411 e. The Labute approximate surface area is 108 Å². The summed E-state index contributed by atoms with van der Waals surface area (Å²) in [6.45, 7) is -1.62. The maximum atomic E-state index is 13.2. The second-order valence-corrected chi connectivity index (χ2v) is 4.20. The van der Waals surface area contributed by atoms with Gasteiger partial charge in [-0.1, -0.05) is 0 Å². The monoisotopic (exact) mass is 333 g/mol. The van der Waals surface area contributed by atoms with E-state index >= 15 is 0 Å². The van der Waals surface area contributed by atoms with Crippen LogP contribution in [0.25, 0.3) is 0 Å². The lowest BCUT2D eigenvalue weighted by Crippen LogP contribution is -2.20. The van der Waals surface area contributed by atoms with E-state index in [1.54, 1.807) is 0 Å². The molecule has 102 valence electrons. The lowest BCUT2D eigenvalue weighted by atomic mass is 10.3. The minimum absolute atomic E-state index is 0.0149. The Bertz CT molecular complexity index is 410. The quantitative estimate of drug-likeness (QED) is 0.503.